The van der Waals surface area contributed by atoms with Crippen LogP contribution in [0.15, 0.2) is 0 Å². The van der Waals surface area contributed by atoms with Crippen molar-refractivity contribution < 1.29 is 0 Å². The average Bonchev–Trinajstić information content (AvgIpc) is 2.85. The van der Waals surface area contributed by atoms with E-state index in [2.05, 4.69) is 48.5 Å². The number of unbranched alkanes of at least 4 members (excludes halogenated alkanes) is 10. The molecule has 0 radical (unpaired) electrons. The lowest BCUT2D eigenvalue weighted by Crippen LogP contribution is -2.06. The van der Waals surface area contributed by atoms with E-state index in [0.29, 0.717) is 0 Å². The van der Waals surface area contributed by atoms with Crippen LogP contribution in [0.25, 0.3) is 0 Å². The lowest BCUT2D eigenvalue weighted by molar-refractivity contribution is 0.328. The van der Waals surface area contributed by atoms with Crippen molar-refractivity contribution in [2.75, 3.05) is 0 Å². The van der Waals surface area contributed by atoms with Crippen molar-refractivity contribution in [3.05, 3.63) is 0 Å². The summed E-state index contributed by atoms with van der Waals surface area (Å²) in [7, 11) is 0. The van der Waals surface area contributed by atoms with Gasteiger partial charge in [-0.1, -0.05) is 209 Å². The van der Waals surface area contributed by atoms with Crippen molar-refractivity contribution in [2.45, 2.75) is 209 Å². The summed E-state index contributed by atoms with van der Waals surface area (Å²) in [4.78, 5) is 0. The van der Waals surface area contributed by atoms with Crippen molar-refractivity contribution in [3.63, 3.8) is 0 Å². The molecule has 0 N–H and O–H groups in total. The van der Waals surface area contributed by atoms with E-state index in [1.807, 2.05) is 0 Å². The van der Waals surface area contributed by atoms with Crippen LogP contribution >= 0.6 is 0 Å². The Balaban J connectivity index is 4.04. The van der Waals surface area contributed by atoms with Crippen LogP contribution in [0.1, 0.15) is 209 Å². The predicted molar refractivity (Wildman–Crippen MR) is 173 cm³/mol. The standard InChI is InChI=1S/C37H76/c1-8-10-12-14-16-18-29-37(30-19-17-15-13-11-9-2)32-31-36(7)28-22-27-35(6)26-21-25-34(5)24-20-23-33(3)4/h33-37H,8-32H2,1-7H3. The van der Waals surface area contributed by atoms with Gasteiger partial charge in [-0.25, -0.2) is 0 Å². The van der Waals surface area contributed by atoms with E-state index >= 15 is 0 Å². The second-order valence-corrected chi connectivity index (χ2v) is 14.1. The Morgan fingerprint density at radius 1 is 0.297 bits per heavy atom. The molecule has 0 aliphatic carbocycles. The molecule has 0 rings (SSSR count). The summed E-state index contributed by atoms with van der Waals surface area (Å²) in [5, 5.41) is 0. The van der Waals surface area contributed by atoms with E-state index in [9.17, 15) is 0 Å². The summed E-state index contributed by atoms with van der Waals surface area (Å²) >= 11 is 0. The molecule has 3 atom stereocenters. The predicted octanol–water partition coefficient (Wildman–Crippen LogP) is 14.0. The third-order valence-electron chi connectivity index (χ3n) is 9.27. The normalized spacial score (nSPS) is 14.5. The SMILES string of the molecule is CCCCCCCCC(CCCCCCCC)CCC(C)CCCC(C)CCCC(C)CCCC(C)C. The van der Waals surface area contributed by atoms with Gasteiger partial charge in [0.25, 0.3) is 0 Å². The first-order valence-electron chi connectivity index (χ1n) is 17.9. The summed E-state index contributed by atoms with van der Waals surface area (Å²) in [5.41, 5.74) is 0. The van der Waals surface area contributed by atoms with Crippen molar-refractivity contribution >= 4 is 0 Å². The fourth-order valence-electron chi connectivity index (χ4n) is 6.32. The highest BCUT2D eigenvalue weighted by Crippen LogP contribution is 2.28. The molecule has 37 heavy (non-hydrogen) atoms. The van der Waals surface area contributed by atoms with Gasteiger partial charge < -0.3 is 0 Å². The molecule has 3 unspecified atom stereocenters. The Morgan fingerprint density at radius 3 is 1.05 bits per heavy atom. The summed E-state index contributed by atoms with van der Waals surface area (Å²) < 4.78 is 0. The minimum atomic E-state index is 0.876. The Hall–Kier alpha value is 0. The first-order chi connectivity index (χ1) is 17.9. The van der Waals surface area contributed by atoms with Crippen molar-refractivity contribution in [1.82, 2.24) is 0 Å². The molecule has 0 amide bonds. The monoisotopic (exact) mass is 521 g/mol. The number of hydrogen-bond acceptors (Lipinski definition) is 0. The molecule has 0 aromatic rings. The van der Waals surface area contributed by atoms with Crippen LogP contribution in [0.4, 0.5) is 0 Å². The topological polar surface area (TPSA) is 0 Å². The molecule has 0 aliphatic rings. The van der Waals surface area contributed by atoms with Crippen molar-refractivity contribution in [3.8, 4) is 0 Å². The summed E-state index contributed by atoms with van der Waals surface area (Å²) in [5.74, 6) is 4.70. The van der Waals surface area contributed by atoms with Crippen LogP contribution in [0.3, 0.4) is 0 Å². The second kappa shape index (κ2) is 27.6. The second-order valence-electron chi connectivity index (χ2n) is 14.1. The molecular formula is C37H76. The fraction of sp³-hybridized carbons (Fsp3) is 1.00. The Labute approximate surface area is 238 Å². The maximum absolute atomic E-state index is 2.55. The highest BCUT2D eigenvalue weighted by Gasteiger charge is 2.12. The Bertz CT molecular complexity index is 408. The van der Waals surface area contributed by atoms with Gasteiger partial charge in [-0.2, -0.15) is 0 Å². The molecule has 0 aliphatic heterocycles. The first kappa shape index (κ1) is 37.0. The maximum atomic E-state index is 2.55. The van der Waals surface area contributed by atoms with Crippen LogP contribution in [0.5, 0.6) is 0 Å². The summed E-state index contributed by atoms with van der Waals surface area (Å²) in [6, 6.07) is 0. The number of rotatable bonds is 29. The highest BCUT2D eigenvalue weighted by molar-refractivity contribution is 4.66. The van der Waals surface area contributed by atoms with Gasteiger partial charge in [0.1, 0.15) is 0 Å². The largest absolute Gasteiger partial charge is 0.0654 e. The first-order valence-corrected chi connectivity index (χ1v) is 17.9. The molecule has 0 aromatic carbocycles. The van der Waals surface area contributed by atoms with E-state index in [1.54, 1.807) is 0 Å². The molecule has 0 saturated heterocycles. The third kappa shape index (κ3) is 27.4. The van der Waals surface area contributed by atoms with E-state index in [0.717, 1.165) is 29.6 Å². The molecule has 0 spiro atoms. The van der Waals surface area contributed by atoms with E-state index in [1.165, 1.54) is 161 Å². The highest BCUT2D eigenvalue weighted by atomic mass is 14.2. The van der Waals surface area contributed by atoms with Crippen LogP contribution in [-0.2, 0) is 0 Å². The van der Waals surface area contributed by atoms with Gasteiger partial charge in [0.2, 0.25) is 0 Å². The van der Waals surface area contributed by atoms with Gasteiger partial charge in [0.15, 0.2) is 0 Å². The Morgan fingerprint density at radius 2 is 0.649 bits per heavy atom. The van der Waals surface area contributed by atoms with Gasteiger partial charge in [-0.05, 0) is 29.6 Å². The van der Waals surface area contributed by atoms with E-state index in [4.69, 9.17) is 0 Å². The van der Waals surface area contributed by atoms with Crippen LogP contribution in [0, 0.1) is 29.6 Å². The van der Waals surface area contributed by atoms with Crippen LogP contribution < -0.4 is 0 Å². The molecule has 224 valence electrons. The molecule has 0 fully saturated rings. The zero-order valence-corrected chi connectivity index (χ0v) is 27.6. The summed E-state index contributed by atoms with van der Waals surface area (Å²) in [6.07, 6.45) is 36.5. The smallest absolute Gasteiger partial charge is 0.0414 e. The lowest BCUT2D eigenvalue weighted by atomic mass is 9.86. The molecule has 0 bridgehead atoms. The van der Waals surface area contributed by atoms with Gasteiger partial charge in [-0.3, -0.25) is 0 Å². The third-order valence-corrected chi connectivity index (χ3v) is 9.27. The van der Waals surface area contributed by atoms with Crippen molar-refractivity contribution in [2.24, 2.45) is 29.6 Å². The zero-order valence-electron chi connectivity index (χ0n) is 27.6. The van der Waals surface area contributed by atoms with E-state index < -0.39 is 0 Å². The molecule has 0 saturated carbocycles. The quantitative estimate of drug-likeness (QED) is 0.0860. The molecule has 0 nitrogen and oxygen atoms in total. The zero-order chi connectivity index (χ0) is 27.6. The van der Waals surface area contributed by atoms with Crippen LogP contribution in [-0.4, -0.2) is 0 Å². The van der Waals surface area contributed by atoms with Gasteiger partial charge >= 0.3 is 0 Å². The number of hydrogen-bond donors (Lipinski definition) is 0. The molecule has 0 aromatic heterocycles. The van der Waals surface area contributed by atoms with Crippen LogP contribution in [0.2, 0.25) is 0 Å². The molecule has 0 heterocycles. The maximum Gasteiger partial charge on any atom is -0.0414 e. The minimum absolute atomic E-state index is 0.876. The van der Waals surface area contributed by atoms with Gasteiger partial charge in [0.05, 0.1) is 0 Å². The van der Waals surface area contributed by atoms with E-state index in [-0.39, 0.29) is 0 Å². The fourth-order valence-corrected chi connectivity index (χ4v) is 6.32. The minimum Gasteiger partial charge on any atom is -0.0654 e. The molecular weight excluding hydrogens is 444 g/mol. The Kier molecular flexibility index (Phi) is 27.6. The molecule has 0 heteroatoms. The average molecular weight is 521 g/mol. The van der Waals surface area contributed by atoms with Gasteiger partial charge in [0, 0.05) is 0 Å². The lowest BCUT2D eigenvalue weighted by Gasteiger charge is -2.20. The van der Waals surface area contributed by atoms with Gasteiger partial charge in [-0.15, -0.1) is 0 Å². The van der Waals surface area contributed by atoms with Crippen molar-refractivity contribution in [1.29, 1.82) is 0 Å². The summed E-state index contributed by atoms with van der Waals surface area (Å²) in [6.45, 7) is 16.9.